The number of hydrogen-bond donors (Lipinski definition) is 1. The number of nitrogens with zero attached hydrogens (tertiary/aromatic N) is 1. The summed E-state index contributed by atoms with van der Waals surface area (Å²) in [5, 5.41) is 0. The van der Waals surface area contributed by atoms with Gasteiger partial charge in [0.25, 0.3) is 0 Å². The molecule has 0 aromatic heterocycles. The normalized spacial score (nSPS) is 18.5. The van der Waals surface area contributed by atoms with Crippen LogP contribution in [0.25, 0.3) is 0 Å². The van der Waals surface area contributed by atoms with E-state index in [2.05, 4.69) is 25.7 Å². The van der Waals surface area contributed by atoms with Gasteiger partial charge < -0.3 is 10.6 Å². The fourth-order valence-electron chi connectivity index (χ4n) is 2.23. The molecule has 1 saturated carbocycles. The molecule has 1 rings (SSSR count). The van der Waals surface area contributed by atoms with Crippen molar-refractivity contribution in [2.45, 2.75) is 40.0 Å². The first kappa shape index (κ1) is 12.9. The molecule has 88 valence electrons. The fourth-order valence-corrected chi connectivity index (χ4v) is 2.54. The van der Waals surface area contributed by atoms with E-state index in [0.717, 1.165) is 18.9 Å². The summed E-state index contributed by atoms with van der Waals surface area (Å²) in [7, 11) is 0. The van der Waals surface area contributed by atoms with Crippen LogP contribution in [0.2, 0.25) is 0 Å². The second-order valence-corrected chi connectivity index (χ2v) is 5.89. The van der Waals surface area contributed by atoms with E-state index in [9.17, 15) is 0 Å². The van der Waals surface area contributed by atoms with Gasteiger partial charge in [-0.1, -0.05) is 33.0 Å². The Morgan fingerprint density at radius 2 is 2.07 bits per heavy atom. The van der Waals surface area contributed by atoms with Gasteiger partial charge in [-0.15, -0.1) is 0 Å². The van der Waals surface area contributed by atoms with Crippen molar-refractivity contribution in [2.24, 2.45) is 17.1 Å². The van der Waals surface area contributed by atoms with E-state index in [0.29, 0.717) is 10.4 Å². The number of hydrogen-bond acceptors (Lipinski definition) is 2. The van der Waals surface area contributed by atoms with E-state index < -0.39 is 0 Å². The van der Waals surface area contributed by atoms with Gasteiger partial charge in [0.1, 0.15) is 0 Å². The molecule has 1 aliphatic carbocycles. The minimum absolute atomic E-state index is 0.441. The van der Waals surface area contributed by atoms with Crippen LogP contribution < -0.4 is 5.73 Å². The highest BCUT2D eigenvalue weighted by Crippen LogP contribution is 2.49. The maximum absolute atomic E-state index is 5.65. The molecular weight excluding hydrogens is 204 g/mol. The zero-order valence-corrected chi connectivity index (χ0v) is 11.1. The molecule has 0 saturated heterocycles. The first-order valence-electron chi connectivity index (χ1n) is 5.98. The summed E-state index contributed by atoms with van der Waals surface area (Å²) in [4.78, 5) is 3.23. The van der Waals surface area contributed by atoms with Gasteiger partial charge in [0, 0.05) is 19.5 Å². The molecule has 1 fully saturated rings. The van der Waals surface area contributed by atoms with E-state index in [4.69, 9.17) is 18.0 Å². The smallest absolute Gasteiger partial charge is 0.0733 e. The van der Waals surface area contributed by atoms with Crippen molar-refractivity contribution >= 4 is 17.2 Å². The van der Waals surface area contributed by atoms with Gasteiger partial charge in [-0.2, -0.15) is 0 Å². The topological polar surface area (TPSA) is 29.3 Å². The number of thiocarbonyl (C=S) groups is 1. The number of nitrogens with two attached hydrogens (primary N) is 1. The molecule has 0 radical (unpaired) electrons. The quantitative estimate of drug-likeness (QED) is 0.679. The van der Waals surface area contributed by atoms with E-state index in [1.165, 1.54) is 25.9 Å². The summed E-state index contributed by atoms with van der Waals surface area (Å²) in [6.07, 6.45) is 3.55. The number of rotatable bonds is 7. The molecule has 0 bridgehead atoms. The average Bonchev–Trinajstić information content (AvgIpc) is 2.81. The third-order valence-corrected chi connectivity index (χ3v) is 3.28. The summed E-state index contributed by atoms with van der Waals surface area (Å²) in [5.74, 6) is 0.741. The third kappa shape index (κ3) is 4.47. The van der Waals surface area contributed by atoms with Crippen molar-refractivity contribution in [1.82, 2.24) is 4.90 Å². The van der Waals surface area contributed by atoms with Crippen molar-refractivity contribution in [3.63, 3.8) is 0 Å². The zero-order valence-electron chi connectivity index (χ0n) is 10.3. The largest absolute Gasteiger partial charge is 0.393 e. The lowest BCUT2D eigenvalue weighted by Crippen LogP contribution is -2.34. The predicted octanol–water partition coefficient (Wildman–Crippen LogP) is 2.42. The van der Waals surface area contributed by atoms with Gasteiger partial charge in [0.05, 0.1) is 4.99 Å². The lowest BCUT2D eigenvalue weighted by Gasteiger charge is -2.27. The molecule has 3 heteroatoms. The van der Waals surface area contributed by atoms with Crippen LogP contribution in [0.1, 0.15) is 40.0 Å². The Balaban J connectivity index is 2.40. The Bertz CT molecular complexity index is 222. The molecule has 0 spiro atoms. The molecule has 2 N–H and O–H groups in total. The first-order chi connectivity index (χ1) is 6.97. The van der Waals surface area contributed by atoms with Gasteiger partial charge >= 0.3 is 0 Å². The molecule has 0 aromatic carbocycles. The van der Waals surface area contributed by atoms with E-state index in [1.807, 2.05) is 0 Å². The van der Waals surface area contributed by atoms with Crippen molar-refractivity contribution < 1.29 is 0 Å². The Kier molecular flexibility index (Phi) is 4.53. The fraction of sp³-hybridized carbons (Fsp3) is 0.917. The summed E-state index contributed by atoms with van der Waals surface area (Å²) in [6.45, 7) is 10.3. The maximum Gasteiger partial charge on any atom is 0.0733 e. The van der Waals surface area contributed by atoms with Crippen molar-refractivity contribution in [3.8, 4) is 0 Å². The van der Waals surface area contributed by atoms with Gasteiger partial charge in [0.2, 0.25) is 0 Å². The van der Waals surface area contributed by atoms with Gasteiger partial charge in [-0.3, -0.25) is 0 Å². The second kappa shape index (κ2) is 5.26. The highest BCUT2D eigenvalue weighted by atomic mass is 32.1. The molecular formula is C12H24N2S. The summed E-state index contributed by atoms with van der Waals surface area (Å²) in [6, 6.07) is 0. The first-order valence-corrected chi connectivity index (χ1v) is 6.39. The maximum atomic E-state index is 5.65. The van der Waals surface area contributed by atoms with Crippen LogP contribution in [0.15, 0.2) is 0 Å². The van der Waals surface area contributed by atoms with Crippen LogP contribution in [0.4, 0.5) is 0 Å². The van der Waals surface area contributed by atoms with Crippen molar-refractivity contribution in [3.05, 3.63) is 0 Å². The second-order valence-electron chi connectivity index (χ2n) is 5.36. The molecule has 0 heterocycles. The molecule has 0 aliphatic heterocycles. The Morgan fingerprint density at radius 1 is 1.47 bits per heavy atom. The monoisotopic (exact) mass is 228 g/mol. The minimum Gasteiger partial charge on any atom is -0.393 e. The van der Waals surface area contributed by atoms with Crippen LogP contribution in [-0.4, -0.2) is 29.5 Å². The summed E-state index contributed by atoms with van der Waals surface area (Å²) >= 11 is 5.02. The van der Waals surface area contributed by atoms with Crippen molar-refractivity contribution in [2.75, 3.05) is 19.6 Å². The molecule has 15 heavy (non-hydrogen) atoms. The van der Waals surface area contributed by atoms with Gasteiger partial charge in [-0.05, 0) is 30.7 Å². The van der Waals surface area contributed by atoms with Crippen LogP contribution in [-0.2, 0) is 0 Å². The minimum atomic E-state index is 0.441. The lowest BCUT2D eigenvalue weighted by molar-refractivity contribution is 0.210. The lowest BCUT2D eigenvalue weighted by atomic mass is 10.0. The molecule has 0 atom stereocenters. The summed E-state index contributed by atoms with van der Waals surface area (Å²) < 4.78 is 0. The van der Waals surface area contributed by atoms with E-state index in [1.54, 1.807) is 0 Å². The Morgan fingerprint density at radius 3 is 2.40 bits per heavy atom. The average molecular weight is 228 g/mol. The highest BCUT2D eigenvalue weighted by Gasteiger charge is 2.43. The Hall–Kier alpha value is -0.150. The van der Waals surface area contributed by atoms with Gasteiger partial charge in [0.15, 0.2) is 0 Å². The van der Waals surface area contributed by atoms with Crippen LogP contribution >= 0.6 is 12.2 Å². The standard InChI is InChI=1S/C12H24N2S/c1-4-14(8-10(2)3)9-12(5-6-12)7-11(13)15/h10H,4-9H2,1-3H3,(H2,13,15). The molecule has 2 nitrogen and oxygen atoms in total. The highest BCUT2D eigenvalue weighted by molar-refractivity contribution is 7.80. The van der Waals surface area contributed by atoms with Gasteiger partial charge in [-0.25, -0.2) is 0 Å². The zero-order chi connectivity index (χ0) is 11.5. The Labute approximate surface area is 99.2 Å². The van der Waals surface area contributed by atoms with Crippen molar-refractivity contribution in [1.29, 1.82) is 0 Å². The molecule has 0 aromatic rings. The van der Waals surface area contributed by atoms with Crippen LogP contribution in [0.3, 0.4) is 0 Å². The molecule has 0 amide bonds. The predicted molar refractivity (Wildman–Crippen MR) is 70.0 cm³/mol. The van der Waals surface area contributed by atoms with E-state index in [-0.39, 0.29) is 0 Å². The SMILES string of the molecule is CCN(CC(C)C)CC1(CC(N)=S)CC1. The van der Waals surface area contributed by atoms with Crippen LogP contribution in [0.5, 0.6) is 0 Å². The van der Waals surface area contributed by atoms with Crippen LogP contribution in [0, 0.1) is 11.3 Å². The van der Waals surface area contributed by atoms with E-state index >= 15 is 0 Å². The molecule has 0 unspecified atom stereocenters. The third-order valence-electron chi connectivity index (χ3n) is 3.14. The summed E-state index contributed by atoms with van der Waals surface area (Å²) in [5.41, 5.74) is 6.09. The molecule has 1 aliphatic rings.